The number of nitrogens with one attached hydrogen (secondary N) is 2. The molecular formula is C20H20FN5O. The zero-order chi connectivity index (χ0) is 18.6. The number of urea groups is 1. The highest BCUT2D eigenvalue weighted by atomic mass is 19.1. The number of nitrogens with zero attached hydrogens (tertiary/aromatic N) is 3. The van der Waals surface area contributed by atoms with Crippen molar-refractivity contribution >= 4 is 11.7 Å². The molecule has 0 radical (unpaired) electrons. The molecule has 3 heterocycles. The predicted molar refractivity (Wildman–Crippen MR) is 99.8 cm³/mol. The number of carbonyl (C=O) groups excluding carboxylic acids is 1. The van der Waals surface area contributed by atoms with E-state index in [0.717, 1.165) is 25.5 Å². The van der Waals surface area contributed by atoms with Crippen LogP contribution in [-0.4, -0.2) is 20.6 Å². The van der Waals surface area contributed by atoms with Crippen LogP contribution in [-0.2, 0) is 13.0 Å². The number of amides is 2. The van der Waals surface area contributed by atoms with Crippen LogP contribution < -0.4 is 10.6 Å². The number of rotatable bonds is 4. The quantitative estimate of drug-likeness (QED) is 0.741. The average molecular weight is 365 g/mol. The lowest BCUT2D eigenvalue weighted by Crippen LogP contribution is -2.28. The lowest BCUT2D eigenvalue weighted by atomic mass is 9.96. The van der Waals surface area contributed by atoms with Crippen molar-refractivity contribution in [2.24, 2.45) is 0 Å². The van der Waals surface area contributed by atoms with Crippen molar-refractivity contribution in [3.8, 4) is 0 Å². The number of hydrogen-bond donors (Lipinski definition) is 2. The Morgan fingerprint density at radius 1 is 1.19 bits per heavy atom. The molecular weight excluding hydrogens is 345 g/mol. The highest BCUT2D eigenvalue weighted by molar-refractivity contribution is 5.89. The van der Waals surface area contributed by atoms with Gasteiger partial charge in [0.2, 0.25) is 0 Å². The van der Waals surface area contributed by atoms with Crippen molar-refractivity contribution in [2.45, 2.75) is 31.8 Å². The number of carbonyl (C=O) groups is 1. The minimum atomic E-state index is -0.399. The van der Waals surface area contributed by atoms with Gasteiger partial charge >= 0.3 is 6.03 Å². The number of aromatic nitrogens is 3. The molecule has 2 amide bonds. The number of imidazole rings is 1. The van der Waals surface area contributed by atoms with Crippen molar-refractivity contribution < 1.29 is 9.18 Å². The van der Waals surface area contributed by atoms with Gasteiger partial charge in [0.05, 0.1) is 30.8 Å². The molecule has 6 nitrogen and oxygen atoms in total. The molecule has 3 aromatic rings. The molecule has 1 aliphatic heterocycles. The number of pyridine rings is 1. The topological polar surface area (TPSA) is 71.8 Å². The summed E-state index contributed by atoms with van der Waals surface area (Å²) in [4.78, 5) is 20.2. The molecule has 0 fully saturated rings. The van der Waals surface area contributed by atoms with E-state index in [1.165, 1.54) is 17.3 Å². The second kappa shape index (κ2) is 7.57. The lowest BCUT2D eigenvalue weighted by Gasteiger charge is -2.26. The van der Waals surface area contributed by atoms with Crippen LogP contribution in [0.15, 0.2) is 55.1 Å². The van der Waals surface area contributed by atoms with Crippen LogP contribution in [0.3, 0.4) is 0 Å². The standard InChI is InChI=1S/C20H20FN5O/c21-15-6-9-17(23-10-15)11-24-20(27)25-16-7-4-14(5-8-16)19-3-1-2-18-12-22-13-26(18)19/h4-10,12-13,19H,1-3,11H2,(H2,24,25,27)/t19-/m0/s1. The molecule has 0 saturated heterocycles. The molecule has 4 rings (SSSR count). The normalized spacial score (nSPS) is 15.8. The Kier molecular flexibility index (Phi) is 4.82. The second-order valence-electron chi connectivity index (χ2n) is 6.60. The fourth-order valence-corrected chi connectivity index (χ4v) is 3.39. The summed E-state index contributed by atoms with van der Waals surface area (Å²) < 4.78 is 15.1. The maximum absolute atomic E-state index is 12.8. The van der Waals surface area contributed by atoms with Crippen LogP contribution in [0.1, 0.15) is 35.8 Å². The summed E-state index contributed by atoms with van der Waals surface area (Å²) in [7, 11) is 0. The predicted octanol–water partition coefficient (Wildman–Crippen LogP) is 3.66. The van der Waals surface area contributed by atoms with E-state index >= 15 is 0 Å². The summed E-state index contributed by atoms with van der Waals surface area (Å²) in [5, 5.41) is 5.50. The van der Waals surface area contributed by atoms with Gasteiger partial charge in [-0.25, -0.2) is 14.2 Å². The third-order valence-corrected chi connectivity index (χ3v) is 4.76. The van der Waals surface area contributed by atoms with Gasteiger partial charge in [0, 0.05) is 17.6 Å². The Morgan fingerprint density at radius 3 is 2.81 bits per heavy atom. The third-order valence-electron chi connectivity index (χ3n) is 4.76. The van der Waals surface area contributed by atoms with Gasteiger partial charge in [0.15, 0.2) is 0 Å². The first kappa shape index (κ1) is 17.2. The molecule has 2 aromatic heterocycles. The minimum absolute atomic E-state index is 0.232. The van der Waals surface area contributed by atoms with E-state index in [0.29, 0.717) is 17.4 Å². The van der Waals surface area contributed by atoms with E-state index in [-0.39, 0.29) is 12.6 Å². The first-order valence-electron chi connectivity index (χ1n) is 8.95. The largest absolute Gasteiger partial charge is 0.332 e. The monoisotopic (exact) mass is 365 g/mol. The van der Waals surface area contributed by atoms with Gasteiger partial charge in [0.25, 0.3) is 0 Å². The summed E-state index contributed by atoms with van der Waals surface area (Å²) in [6.45, 7) is 0.232. The van der Waals surface area contributed by atoms with Crippen LogP contribution in [0, 0.1) is 5.82 Å². The molecule has 27 heavy (non-hydrogen) atoms. The number of hydrogen-bond acceptors (Lipinski definition) is 3. The molecule has 138 valence electrons. The van der Waals surface area contributed by atoms with Gasteiger partial charge in [-0.1, -0.05) is 12.1 Å². The van der Waals surface area contributed by atoms with Crippen LogP contribution in [0.25, 0.3) is 0 Å². The smallest absolute Gasteiger partial charge is 0.319 e. The highest BCUT2D eigenvalue weighted by Crippen LogP contribution is 2.30. The van der Waals surface area contributed by atoms with Crippen molar-refractivity contribution in [3.05, 3.63) is 77.9 Å². The molecule has 1 aromatic carbocycles. The number of anilines is 1. The maximum Gasteiger partial charge on any atom is 0.319 e. The van der Waals surface area contributed by atoms with Gasteiger partial charge in [-0.05, 0) is 49.1 Å². The first-order valence-corrected chi connectivity index (χ1v) is 8.95. The number of fused-ring (bicyclic) bond motifs is 1. The number of halogens is 1. The zero-order valence-corrected chi connectivity index (χ0v) is 14.7. The first-order chi connectivity index (χ1) is 13.2. The molecule has 0 bridgehead atoms. The summed E-state index contributed by atoms with van der Waals surface area (Å²) in [6, 6.07) is 10.7. The molecule has 0 aliphatic carbocycles. The van der Waals surface area contributed by atoms with Crippen LogP contribution in [0.2, 0.25) is 0 Å². The molecule has 0 unspecified atom stereocenters. The minimum Gasteiger partial charge on any atom is -0.332 e. The van der Waals surface area contributed by atoms with E-state index in [4.69, 9.17) is 0 Å². The lowest BCUT2D eigenvalue weighted by molar-refractivity contribution is 0.251. The third kappa shape index (κ3) is 3.97. The highest BCUT2D eigenvalue weighted by Gasteiger charge is 2.20. The van der Waals surface area contributed by atoms with Gasteiger partial charge in [-0.2, -0.15) is 0 Å². The molecule has 0 spiro atoms. The Morgan fingerprint density at radius 2 is 2.04 bits per heavy atom. The van der Waals surface area contributed by atoms with Crippen LogP contribution >= 0.6 is 0 Å². The van der Waals surface area contributed by atoms with Gasteiger partial charge in [-0.3, -0.25) is 4.98 Å². The van der Waals surface area contributed by atoms with E-state index in [1.54, 1.807) is 6.07 Å². The Balaban J connectivity index is 1.35. The zero-order valence-electron chi connectivity index (χ0n) is 14.7. The Hall–Kier alpha value is -3.22. The molecule has 0 saturated carbocycles. The fourth-order valence-electron chi connectivity index (χ4n) is 3.39. The fraction of sp³-hybridized carbons (Fsp3) is 0.250. The van der Waals surface area contributed by atoms with E-state index in [1.807, 2.05) is 36.8 Å². The van der Waals surface area contributed by atoms with Crippen molar-refractivity contribution in [2.75, 3.05) is 5.32 Å². The van der Waals surface area contributed by atoms with Gasteiger partial charge in [-0.15, -0.1) is 0 Å². The SMILES string of the molecule is O=C(NCc1ccc(F)cn1)Nc1ccc([C@@H]2CCCc3cncn32)cc1. The Labute approximate surface area is 156 Å². The van der Waals surface area contributed by atoms with E-state index < -0.39 is 5.82 Å². The molecule has 1 atom stereocenters. The van der Waals surface area contributed by atoms with E-state index in [9.17, 15) is 9.18 Å². The summed E-state index contributed by atoms with van der Waals surface area (Å²) in [6.07, 6.45) is 8.26. The molecule has 7 heteroatoms. The Bertz CT molecular complexity index is 920. The number of aryl methyl sites for hydroxylation is 1. The van der Waals surface area contributed by atoms with Crippen molar-refractivity contribution in [1.82, 2.24) is 19.9 Å². The van der Waals surface area contributed by atoms with Crippen LogP contribution in [0.4, 0.5) is 14.9 Å². The summed E-state index contributed by atoms with van der Waals surface area (Å²) >= 11 is 0. The average Bonchev–Trinajstić information content (AvgIpc) is 3.17. The van der Waals surface area contributed by atoms with E-state index in [2.05, 4.69) is 25.2 Å². The molecule has 2 N–H and O–H groups in total. The second-order valence-corrected chi connectivity index (χ2v) is 6.60. The van der Waals surface area contributed by atoms with Gasteiger partial charge in [0.1, 0.15) is 5.82 Å². The summed E-state index contributed by atoms with van der Waals surface area (Å²) in [5.41, 5.74) is 3.78. The summed E-state index contributed by atoms with van der Waals surface area (Å²) in [5.74, 6) is -0.399. The molecule has 1 aliphatic rings. The van der Waals surface area contributed by atoms with Crippen molar-refractivity contribution in [1.29, 1.82) is 0 Å². The van der Waals surface area contributed by atoms with Crippen LogP contribution in [0.5, 0.6) is 0 Å². The van der Waals surface area contributed by atoms with Crippen molar-refractivity contribution in [3.63, 3.8) is 0 Å². The number of benzene rings is 1. The maximum atomic E-state index is 12.8. The van der Waals surface area contributed by atoms with Gasteiger partial charge < -0.3 is 15.2 Å².